The molecule has 0 aliphatic rings. The molecular formula is C36H55N12O2+. The summed E-state index contributed by atoms with van der Waals surface area (Å²) < 4.78 is 11.4. The molecule has 270 valence electrons. The van der Waals surface area contributed by atoms with Crippen LogP contribution in [0.15, 0.2) is 60.9 Å². The number of aromatic nitrogens is 10. The van der Waals surface area contributed by atoms with Crippen molar-refractivity contribution < 1.29 is 11.0 Å². The number of aryl methyl sites for hydroxylation is 10. The van der Waals surface area contributed by atoms with E-state index in [1.54, 1.807) is 21.6 Å². The number of nitrogens with two attached hydrogens (primary N) is 2. The van der Waals surface area contributed by atoms with Gasteiger partial charge < -0.3 is 25.4 Å². The van der Waals surface area contributed by atoms with Crippen molar-refractivity contribution in [2.45, 2.75) is 61.3 Å². The number of hydrogen-bond acceptors (Lipinski definition) is 8. The summed E-state index contributed by atoms with van der Waals surface area (Å²) in [6, 6.07) is 16.1. The van der Waals surface area contributed by atoms with E-state index in [2.05, 4.69) is 101 Å². The van der Waals surface area contributed by atoms with Crippen molar-refractivity contribution in [1.82, 2.24) is 48.3 Å². The number of hydrogen-bond donors (Lipinski definition) is 2. The summed E-state index contributed by atoms with van der Waals surface area (Å²) >= 11 is 0. The zero-order chi connectivity index (χ0) is 37.7. The monoisotopic (exact) mass is 688 g/mol. The van der Waals surface area contributed by atoms with E-state index in [-0.39, 0.29) is 19.4 Å². The Balaban J connectivity index is 0.000000327. The molecule has 0 unspecified atom stereocenters. The summed E-state index contributed by atoms with van der Waals surface area (Å²) in [6.45, 7) is 17.0. The predicted octanol–water partition coefficient (Wildman–Crippen LogP) is 5.28. The quantitative estimate of drug-likeness (QED) is 0.231. The summed E-state index contributed by atoms with van der Waals surface area (Å²) in [5, 5.41) is 16.5. The fourth-order valence-electron chi connectivity index (χ4n) is 4.57. The number of nitrogens with zero attached hydrogens (tertiary/aromatic N) is 10. The highest BCUT2D eigenvalue weighted by molar-refractivity contribution is 5.87. The summed E-state index contributed by atoms with van der Waals surface area (Å²) in [4.78, 5) is 20.3. The highest BCUT2D eigenvalue weighted by Crippen LogP contribution is 2.16. The van der Waals surface area contributed by atoms with Gasteiger partial charge in [-0.3, -0.25) is 18.7 Å². The Bertz CT molecular complexity index is 1860. The maximum absolute atomic E-state index is 10.2. The van der Waals surface area contributed by atoms with Gasteiger partial charge in [0.2, 0.25) is 0 Å². The van der Waals surface area contributed by atoms with Gasteiger partial charge in [0, 0.05) is 101 Å². The lowest BCUT2D eigenvalue weighted by Crippen LogP contribution is -2.00. The fourth-order valence-corrected chi connectivity index (χ4v) is 4.57. The van der Waals surface area contributed by atoms with Gasteiger partial charge >= 0.3 is 5.78 Å². The van der Waals surface area contributed by atoms with Crippen molar-refractivity contribution in [3.63, 3.8) is 0 Å². The Hall–Kier alpha value is -5.79. The molecule has 0 saturated carbocycles. The summed E-state index contributed by atoms with van der Waals surface area (Å²) in [5.41, 5.74) is 17.7. The smallest absolute Gasteiger partial charge is 0.303 e. The molecule has 6 heterocycles. The predicted molar refractivity (Wildman–Crippen MR) is 201 cm³/mol. The zero-order valence-corrected chi connectivity index (χ0v) is 31.3. The Morgan fingerprint density at radius 2 is 1.06 bits per heavy atom. The van der Waals surface area contributed by atoms with Gasteiger partial charge in [-0.2, -0.15) is 20.4 Å². The second kappa shape index (κ2) is 18.7. The van der Waals surface area contributed by atoms with Crippen LogP contribution in [0.5, 0.6) is 0 Å². The van der Waals surface area contributed by atoms with E-state index in [9.17, 15) is 9.59 Å². The first kappa shape index (κ1) is 40.4. The average Bonchev–Trinajstić information content (AvgIpc) is 3.88. The molecule has 0 fully saturated rings. The second-order valence-corrected chi connectivity index (χ2v) is 12.0. The molecule has 14 nitrogen and oxygen atoms in total. The van der Waals surface area contributed by atoms with Crippen LogP contribution in [-0.2, 0) is 37.8 Å². The van der Waals surface area contributed by atoms with Crippen molar-refractivity contribution in [3.05, 3.63) is 102 Å². The molecule has 0 amide bonds. The van der Waals surface area contributed by atoms with E-state index in [1.165, 1.54) is 35.4 Å². The van der Waals surface area contributed by atoms with Gasteiger partial charge in [0.05, 0.1) is 6.42 Å². The van der Waals surface area contributed by atoms with Gasteiger partial charge in [0.15, 0.2) is 11.6 Å². The van der Waals surface area contributed by atoms with E-state index >= 15 is 0 Å². The molecule has 6 rings (SSSR count). The van der Waals surface area contributed by atoms with Crippen LogP contribution in [0.2, 0.25) is 0 Å². The second-order valence-electron chi connectivity index (χ2n) is 12.0. The van der Waals surface area contributed by atoms with Crippen LogP contribution in [0, 0.1) is 48.5 Å². The minimum Gasteiger partial charge on any atom is -0.382 e. The first-order valence-electron chi connectivity index (χ1n) is 16.1. The maximum Gasteiger partial charge on any atom is 0.303 e. The lowest BCUT2D eigenvalue weighted by Gasteiger charge is -2.03. The SMILES string of the molecule is Cc1cc(-n2c(C)ccc2C)nn1C.Cc1cc(N)nn1C.Cc1ccc(C)n1-c1ccn(C)n1.Cn1ccc(N)n1.[2HH].[CH2+]C(=O)CCC(C)=O. The number of carbonyl (C=O) groups excluding carboxylic acids is 2. The highest BCUT2D eigenvalue weighted by Gasteiger charge is 2.08. The maximum atomic E-state index is 10.2. The Morgan fingerprint density at radius 3 is 1.32 bits per heavy atom. The van der Waals surface area contributed by atoms with Crippen LogP contribution in [0.25, 0.3) is 11.6 Å². The molecule has 0 radical (unpaired) electrons. The topological polar surface area (TPSA) is 167 Å². The van der Waals surface area contributed by atoms with Gasteiger partial charge in [0.1, 0.15) is 24.3 Å². The van der Waals surface area contributed by atoms with Crippen molar-refractivity contribution in [2.24, 2.45) is 28.2 Å². The lowest BCUT2D eigenvalue weighted by atomic mass is 10.2. The van der Waals surface area contributed by atoms with Crippen molar-refractivity contribution in [1.29, 1.82) is 0 Å². The van der Waals surface area contributed by atoms with Crippen LogP contribution in [0.3, 0.4) is 0 Å². The molecule has 0 spiro atoms. The number of carbonyl (C=O) groups is 2. The largest absolute Gasteiger partial charge is 0.382 e. The minimum atomic E-state index is -0.166. The number of anilines is 2. The number of ketones is 2. The molecule has 0 saturated heterocycles. The first-order chi connectivity index (χ1) is 23.4. The third-order valence-electron chi connectivity index (χ3n) is 7.42. The van der Waals surface area contributed by atoms with Crippen LogP contribution in [-0.4, -0.2) is 59.8 Å². The molecule has 0 aromatic carbocycles. The van der Waals surface area contributed by atoms with Crippen molar-refractivity contribution in [2.75, 3.05) is 11.5 Å². The molecule has 6 aromatic heterocycles. The average molecular weight is 689 g/mol. The molecule has 0 aliphatic carbocycles. The fraction of sp³-hybridized carbons (Fsp3) is 0.361. The Morgan fingerprint density at radius 1 is 0.600 bits per heavy atom. The van der Waals surface area contributed by atoms with Crippen LogP contribution in [0.1, 0.15) is 55.4 Å². The van der Waals surface area contributed by atoms with Gasteiger partial charge in [-0.1, -0.05) is 0 Å². The molecule has 50 heavy (non-hydrogen) atoms. The van der Waals surface area contributed by atoms with E-state index in [1.807, 2.05) is 62.8 Å². The van der Waals surface area contributed by atoms with Gasteiger partial charge in [-0.25, -0.2) is 4.79 Å². The van der Waals surface area contributed by atoms with Crippen LogP contribution < -0.4 is 11.5 Å². The molecule has 0 bridgehead atoms. The molecule has 0 atom stereocenters. The van der Waals surface area contributed by atoms with Crippen LogP contribution in [0.4, 0.5) is 11.6 Å². The van der Waals surface area contributed by atoms with E-state index < -0.39 is 0 Å². The summed E-state index contributed by atoms with van der Waals surface area (Å²) in [5.74, 6) is 3.03. The Kier molecular flexibility index (Phi) is 15.1. The standard InChI is InChI=1S/C11H15N3.C10H13N3.C6H9O2.C5H9N3.C4H7N3.H2/c1-8-5-6-9(2)14(8)11-7-10(3)13(4)12-11;1-8-4-5-9(2)13(8)10-6-7-12(3)11-10;1-5(7)3-4-6(2)8;1-4-3-5(6)7-8(4)2;1-7-3-2-4(5)6-7;/h5-7H,1-4H3;4-7H,1-3H3;1,3-4H2,2H3;3H,1-2H3,(H2,6,7);2-3H,1H3,(H2,5,6);1H/q;;+1;;;/i;;;;;1+1. The molecule has 0 aliphatic heterocycles. The molecule has 4 N–H and O–H groups in total. The summed E-state index contributed by atoms with van der Waals surface area (Å²) in [6.07, 6.45) is 4.38. The normalized spacial score (nSPS) is 10.1. The Labute approximate surface area is 296 Å². The summed E-state index contributed by atoms with van der Waals surface area (Å²) in [7, 11) is 7.59. The number of Topliss-reactive ketones (excluding diaryl/α,β-unsaturated/α-hetero) is 2. The minimum absolute atomic E-state index is 0. The van der Waals surface area contributed by atoms with Gasteiger partial charge in [0.25, 0.3) is 0 Å². The zero-order valence-electron chi connectivity index (χ0n) is 31.3. The van der Waals surface area contributed by atoms with Gasteiger partial charge in [-0.05, 0) is 78.8 Å². The number of rotatable bonds is 5. The molecule has 6 aromatic rings. The van der Waals surface area contributed by atoms with E-state index in [0.717, 1.165) is 17.3 Å². The van der Waals surface area contributed by atoms with Crippen LogP contribution >= 0.6 is 0 Å². The first-order valence-corrected chi connectivity index (χ1v) is 16.1. The van der Waals surface area contributed by atoms with Crippen molar-refractivity contribution in [3.8, 4) is 11.6 Å². The van der Waals surface area contributed by atoms with Gasteiger partial charge in [-0.15, -0.1) is 0 Å². The number of nitrogen functional groups attached to an aromatic ring is 2. The van der Waals surface area contributed by atoms with E-state index in [0.29, 0.717) is 18.1 Å². The lowest BCUT2D eigenvalue weighted by molar-refractivity contribution is -0.121. The van der Waals surface area contributed by atoms with E-state index in [4.69, 9.17) is 11.5 Å². The van der Waals surface area contributed by atoms with Crippen molar-refractivity contribution >= 4 is 23.2 Å². The molecule has 14 heteroatoms. The third-order valence-corrected chi connectivity index (χ3v) is 7.42. The molecular weight excluding hydrogens is 632 g/mol. The highest BCUT2D eigenvalue weighted by atomic mass is 16.1. The third kappa shape index (κ3) is 12.7.